The molecule has 1 aromatic heterocycles. The van der Waals surface area contributed by atoms with Crippen LogP contribution in [0.3, 0.4) is 0 Å². The largest absolute Gasteiger partial charge is 0.378 e. The number of nitrogens with one attached hydrogen (secondary N) is 1. The van der Waals surface area contributed by atoms with Gasteiger partial charge in [-0.2, -0.15) is 0 Å². The van der Waals surface area contributed by atoms with Gasteiger partial charge in [-0.15, -0.1) is 0 Å². The van der Waals surface area contributed by atoms with Gasteiger partial charge in [0.15, 0.2) is 0 Å². The van der Waals surface area contributed by atoms with Crippen molar-refractivity contribution in [3.05, 3.63) is 51.4 Å². The number of anilines is 2. The number of nitrogen functional groups attached to an aromatic ring is 1. The zero-order valence-electron chi connectivity index (χ0n) is 14.4. The lowest BCUT2D eigenvalue weighted by Crippen LogP contribution is -2.41. The van der Waals surface area contributed by atoms with E-state index in [2.05, 4.69) is 14.9 Å². The van der Waals surface area contributed by atoms with Crippen molar-refractivity contribution >= 4 is 17.5 Å². The summed E-state index contributed by atoms with van der Waals surface area (Å²) in [6.45, 7) is 3.62. The van der Waals surface area contributed by atoms with Crippen LogP contribution in [0.1, 0.15) is 21.6 Å². The summed E-state index contributed by atoms with van der Waals surface area (Å²) < 4.78 is 5.41. The summed E-state index contributed by atoms with van der Waals surface area (Å²) in [5.41, 5.74) is 8.21. The van der Waals surface area contributed by atoms with Crippen molar-refractivity contribution in [3.63, 3.8) is 0 Å². The van der Waals surface area contributed by atoms with Crippen LogP contribution in [0.15, 0.2) is 29.1 Å². The van der Waals surface area contributed by atoms with Crippen LogP contribution in [0.2, 0.25) is 0 Å². The van der Waals surface area contributed by atoms with Gasteiger partial charge in [-0.1, -0.05) is 12.1 Å². The van der Waals surface area contributed by atoms with E-state index >= 15 is 0 Å². The molecule has 2 aliphatic heterocycles. The molecule has 0 unspecified atom stereocenters. The van der Waals surface area contributed by atoms with Crippen LogP contribution in [0.4, 0.5) is 11.6 Å². The molecule has 1 aromatic carbocycles. The quantitative estimate of drug-likeness (QED) is 0.807. The first kappa shape index (κ1) is 16.6. The van der Waals surface area contributed by atoms with Gasteiger partial charge in [0.1, 0.15) is 0 Å². The highest BCUT2D eigenvalue weighted by atomic mass is 16.5. The predicted octanol–water partition coefficient (Wildman–Crippen LogP) is 0.387. The van der Waals surface area contributed by atoms with Gasteiger partial charge in [0.2, 0.25) is 5.95 Å². The molecule has 2 aromatic rings. The lowest BCUT2D eigenvalue weighted by molar-refractivity contribution is 0.0730. The second kappa shape index (κ2) is 6.80. The molecular formula is C18H21N5O3. The molecule has 0 radical (unpaired) electrons. The van der Waals surface area contributed by atoms with Crippen molar-refractivity contribution in [2.75, 3.05) is 43.5 Å². The summed E-state index contributed by atoms with van der Waals surface area (Å²) in [6.07, 6.45) is 0.476. The molecule has 0 saturated carbocycles. The van der Waals surface area contributed by atoms with Gasteiger partial charge in [-0.3, -0.25) is 14.6 Å². The van der Waals surface area contributed by atoms with E-state index in [9.17, 15) is 9.59 Å². The number of fused-ring (bicyclic) bond motifs is 1. The van der Waals surface area contributed by atoms with E-state index in [1.54, 1.807) is 4.90 Å². The molecule has 26 heavy (non-hydrogen) atoms. The van der Waals surface area contributed by atoms with Gasteiger partial charge < -0.3 is 20.3 Å². The molecule has 1 saturated heterocycles. The van der Waals surface area contributed by atoms with Crippen LogP contribution in [0.25, 0.3) is 0 Å². The molecule has 8 nitrogen and oxygen atoms in total. The van der Waals surface area contributed by atoms with Crippen molar-refractivity contribution in [2.24, 2.45) is 0 Å². The molecule has 136 valence electrons. The highest BCUT2D eigenvalue weighted by Gasteiger charge is 2.27. The number of aromatic amines is 1. The zero-order chi connectivity index (χ0) is 18.1. The summed E-state index contributed by atoms with van der Waals surface area (Å²) >= 11 is 0. The Bertz CT molecular complexity index is 889. The number of para-hydroxylation sites is 1. The van der Waals surface area contributed by atoms with E-state index in [0.29, 0.717) is 49.5 Å². The van der Waals surface area contributed by atoms with Crippen molar-refractivity contribution < 1.29 is 9.53 Å². The number of benzene rings is 1. The number of amides is 1. The van der Waals surface area contributed by atoms with Crippen molar-refractivity contribution in [3.8, 4) is 0 Å². The van der Waals surface area contributed by atoms with Crippen molar-refractivity contribution in [2.45, 2.75) is 13.0 Å². The molecule has 3 heterocycles. The molecule has 1 fully saturated rings. The fraction of sp³-hybridized carbons (Fsp3) is 0.389. The number of morpholine rings is 1. The molecule has 0 atom stereocenters. The number of carbonyl (C=O) groups is 1. The lowest BCUT2D eigenvalue weighted by atomic mass is 10.0. The van der Waals surface area contributed by atoms with E-state index in [1.165, 1.54) is 0 Å². The van der Waals surface area contributed by atoms with E-state index in [0.717, 1.165) is 18.8 Å². The average Bonchev–Trinajstić information content (AvgIpc) is 2.67. The molecule has 8 heteroatoms. The number of carbonyl (C=O) groups excluding carboxylic acids is 1. The van der Waals surface area contributed by atoms with E-state index in [-0.39, 0.29) is 17.4 Å². The number of nitrogens with zero attached hydrogens (tertiary/aromatic N) is 3. The van der Waals surface area contributed by atoms with Gasteiger partial charge >= 0.3 is 0 Å². The summed E-state index contributed by atoms with van der Waals surface area (Å²) in [6, 6.07) is 7.63. The highest BCUT2D eigenvalue weighted by molar-refractivity contribution is 6.00. The van der Waals surface area contributed by atoms with Gasteiger partial charge in [-0.25, -0.2) is 4.98 Å². The van der Waals surface area contributed by atoms with E-state index in [1.807, 2.05) is 24.3 Å². The molecule has 0 aliphatic carbocycles. The number of H-pyrrole nitrogens is 1. The Morgan fingerprint density at radius 1 is 1.19 bits per heavy atom. The number of hydrogen-bond donors (Lipinski definition) is 2. The second-order valence-electron chi connectivity index (χ2n) is 6.47. The summed E-state index contributed by atoms with van der Waals surface area (Å²) in [5, 5.41) is 0. The lowest BCUT2D eigenvalue weighted by Gasteiger charge is -2.32. The molecule has 3 N–H and O–H groups in total. The first-order chi connectivity index (χ1) is 12.6. The number of rotatable bonds is 2. The Hall–Kier alpha value is -2.87. The maximum absolute atomic E-state index is 13.2. The normalized spacial score (nSPS) is 17.1. The smallest absolute Gasteiger partial charge is 0.256 e. The van der Waals surface area contributed by atoms with Gasteiger partial charge in [0.05, 0.1) is 31.0 Å². The number of ether oxygens (including phenoxy) is 1. The molecule has 2 aliphatic rings. The molecular weight excluding hydrogens is 334 g/mol. The third-order valence-corrected chi connectivity index (χ3v) is 4.87. The number of aromatic nitrogens is 2. The monoisotopic (exact) mass is 355 g/mol. The highest BCUT2D eigenvalue weighted by Crippen LogP contribution is 2.25. The van der Waals surface area contributed by atoms with Gasteiger partial charge in [0, 0.05) is 30.9 Å². The van der Waals surface area contributed by atoms with Crippen molar-refractivity contribution in [1.82, 2.24) is 14.9 Å². The van der Waals surface area contributed by atoms with E-state index < -0.39 is 0 Å². The second-order valence-corrected chi connectivity index (χ2v) is 6.47. The fourth-order valence-electron chi connectivity index (χ4n) is 3.54. The standard InChI is InChI=1S/C18H21N5O3/c19-18-20-14-11-23(6-5-12(14)16(24)21-18)17(25)13-3-1-2-4-15(13)22-7-9-26-10-8-22/h1-4H,5-11H2,(H3,19,20,21,24). The zero-order valence-corrected chi connectivity index (χ0v) is 14.4. The summed E-state index contributed by atoms with van der Waals surface area (Å²) in [4.78, 5) is 35.8. The minimum Gasteiger partial charge on any atom is -0.378 e. The first-order valence-corrected chi connectivity index (χ1v) is 8.72. The Morgan fingerprint density at radius 2 is 1.96 bits per heavy atom. The maximum Gasteiger partial charge on any atom is 0.256 e. The maximum atomic E-state index is 13.2. The van der Waals surface area contributed by atoms with Crippen LogP contribution in [-0.2, 0) is 17.7 Å². The van der Waals surface area contributed by atoms with Gasteiger partial charge in [-0.05, 0) is 18.6 Å². The third-order valence-electron chi connectivity index (χ3n) is 4.87. The Balaban J connectivity index is 1.62. The Labute approximate surface area is 150 Å². The van der Waals surface area contributed by atoms with E-state index in [4.69, 9.17) is 10.5 Å². The fourth-order valence-corrected chi connectivity index (χ4v) is 3.54. The van der Waals surface area contributed by atoms with Crippen LogP contribution in [0, 0.1) is 0 Å². The van der Waals surface area contributed by atoms with Crippen LogP contribution < -0.4 is 16.2 Å². The number of nitrogens with two attached hydrogens (primary N) is 1. The minimum atomic E-state index is -0.215. The number of hydrogen-bond acceptors (Lipinski definition) is 6. The molecule has 0 bridgehead atoms. The minimum absolute atomic E-state index is 0.0570. The third kappa shape index (κ3) is 3.03. The Morgan fingerprint density at radius 3 is 2.77 bits per heavy atom. The average molecular weight is 355 g/mol. The van der Waals surface area contributed by atoms with Crippen LogP contribution in [0.5, 0.6) is 0 Å². The Kier molecular flexibility index (Phi) is 4.34. The van der Waals surface area contributed by atoms with Crippen molar-refractivity contribution in [1.29, 1.82) is 0 Å². The molecule has 1 amide bonds. The SMILES string of the molecule is Nc1nc2c(c(=O)[nH]1)CCN(C(=O)c1ccccc1N1CCOCC1)C2. The topological polar surface area (TPSA) is 105 Å². The molecule has 0 spiro atoms. The van der Waals surface area contributed by atoms with Crippen LogP contribution >= 0.6 is 0 Å². The molecule has 4 rings (SSSR count). The first-order valence-electron chi connectivity index (χ1n) is 8.72. The summed E-state index contributed by atoms with van der Waals surface area (Å²) in [7, 11) is 0. The van der Waals surface area contributed by atoms with Gasteiger partial charge in [0.25, 0.3) is 11.5 Å². The summed E-state index contributed by atoms with van der Waals surface area (Å²) in [5.74, 6) is 0.0233. The predicted molar refractivity (Wildman–Crippen MR) is 97.2 cm³/mol. The van der Waals surface area contributed by atoms with Crippen LogP contribution in [-0.4, -0.2) is 53.6 Å².